The molecule has 52 valence electrons. The summed E-state index contributed by atoms with van der Waals surface area (Å²) in [6.07, 6.45) is 3.90. The van der Waals surface area contributed by atoms with E-state index in [0.717, 1.165) is 0 Å². The highest BCUT2D eigenvalue weighted by molar-refractivity contribution is 6.16. The fourth-order valence-electron chi connectivity index (χ4n) is 0.622. The third-order valence-corrected chi connectivity index (χ3v) is 1.15. The van der Waals surface area contributed by atoms with Crippen LogP contribution in [0.1, 0.15) is 6.92 Å². The Morgan fingerprint density at radius 1 is 1.20 bits per heavy atom. The molecule has 0 saturated carbocycles. The van der Waals surface area contributed by atoms with Gasteiger partial charge in [0.2, 0.25) is 0 Å². The van der Waals surface area contributed by atoms with Crippen LogP contribution >= 0.6 is 0 Å². The highest BCUT2D eigenvalue weighted by Gasteiger charge is 2.06. The molecule has 1 aliphatic carbocycles. The van der Waals surface area contributed by atoms with E-state index >= 15 is 0 Å². The lowest BCUT2D eigenvalue weighted by atomic mass is 10.1. The molecule has 0 saturated heterocycles. The number of carbonyl (C=O) groups excluding carboxylic acids is 2. The number of allylic oxidation sites excluding steroid dienone is 4. The molecule has 0 aromatic carbocycles. The number of carbonyl (C=O) groups is 2. The molecule has 10 heavy (non-hydrogen) atoms. The molecule has 0 radical (unpaired) electrons. The van der Waals surface area contributed by atoms with E-state index in [9.17, 15) is 9.59 Å². The minimum absolute atomic E-state index is 0. The molecular weight excluding hydrogens is 143 g/mol. The smallest absolute Gasteiger partial charge is 0.187 e. The molecular formula is C7H9AlO2. The van der Waals surface area contributed by atoms with Crippen molar-refractivity contribution in [1.29, 1.82) is 0 Å². The third-order valence-electron chi connectivity index (χ3n) is 1.15. The topological polar surface area (TPSA) is 34.1 Å². The van der Waals surface area contributed by atoms with Gasteiger partial charge in [0.05, 0.1) is 0 Å². The SMILES string of the molecule is CC1=CC(=O)C=CC1=O.[AlH3]. The Labute approximate surface area is 69.7 Å². The summed E-state index contributed by atoms with van der Waals surface area (Å²) < 4.78 is 0. The van der Waals surface area contributed by atoms with Crippen molar-refractivity contribution < 1.29 is 9.59 Å². The van der Waals surface area contributed by atoms with Gasteiger partial charge in [-0.1, -0.05) is 0 Å². The van der Waals surface area contributed by atoms with Gasteiger partial charge in [-0.25, -0.2) is 0 Å². The van der Waals surface area contributed by atoms with E-state index in [1.54, 1.807) is 6.92 Å². The van der Waals surface area contributed by atoms with Gasteiger partial charge in [-0.3, -0.25) is 9.59 Å². The first-order valence-electron chi connectivity index (χ1n) is 2.65. The van der Waals surface area contributed by atoms with Crippen LogP contribution in [0.3, 0.4) is 0 Å². The Bertz CT molecular complexity index is 226. The van der Waals surface area contributed by atoms with Crippen LogP contribution in [-0.2, 0) is 9.59 Å². The zero-order valence-corrected chi connectivity index (χ0v) is 5.05. The maximum absolute atomic E-state index is 10.6. The third kappa shape index (κ3) is 1.94. The van der Waals surface area contributed by atoms with Crippen molar-refractivity contribution in [3.05, 3.63) is 23.8 Å². The van der Waals surface area contributed by atoms with Crippen molar-refractivity contribution in [1.82, 2.24) is 0 Å². The predicted octanol–water partition coefficient (Wildman–Crippen LogP) is -0.543. The molecule has 1 rings (SSSR count). The van der Waals surface area contributed by atoms with Crippen molar-refractivity contribution in [2.45, 2.75) is 6.92 Å². The minimum Gasteiger partial charge on any atom is -0.290 e. The van der Waals surface area contributed by atoms with Crippen molar-refractivity contribution in [2.24, 2.45) is 0 Å². The van der Waals surface area contributed by atoms with E-state index in [-0.39, 0.29) is 28.9 Å². The highest BCUT2D eigenvalue weighted by atomic mass is 27.0. The van der Waals surface area contributed by atoms with Crippen molar-refractivity contribution in [3.8, 4) is 0 Å². The van der Waals surface area contributed by atoms with Crippen LogP contribution in [0.15, 0.2) is 23.8 Å². The number of ketones is 2. The first kappa shape index (κ1) is 9.35. The Kier molecular flexibility index (Phi) is 3.28. The predicted molar refractivity (Wildman–Crippen MR) is 42.9 cm³/mol. The fourth-order valence-corrected chi connectivity index (χ4v) is 0.622. The second-order valence-corrected chi connectivity index (χ2v) is 1.93. The summed E-state index contributed by atoms with van der Waals surface area (Å²) in [6, 6.07) is 0. The molecule has 0 spiro atoms. The van der Waals surface area contributed by atoms with Crippen LogP contribution in [0.2, 0.25) is 0 Å². The second kappa shape index (κ2) is 3.50. The van der Waals surface area contributed by atoms with Crippen LogP contribution in [0.5, 0.6) is 0 Å². The van der Waals surface area contributed by atoms with Crippen LogP contribution in [0, 0.1) is 0 Å². The number of rotatable bonds is 0. The lowest BCUT2D eigenvalue weighted by molar-refractivity contribution is -0.114. The molecule has 0 heterocycles. The van der Waals surface area contributed by atoms with Crippen LogP contribution in [-0.4, -0.2) is 28.9 Å². The van der Waals surface area contributed by atoms with Gasteiger partial charge in [0, 0.05) is 5.57 Å². The maximum Gasteiger partial charge on any atom is 0.187 e. The molecule has 3 heteroatoms. The van der Waals surface area contributed by atoms with Crippen molar-refractivity contribution in [3.63, 3.8) is 0 Å². The molecule has 2 nitrogen and oxygen atoms in total. The molecule has 0 aliphatic heterocycles. The summed E-state index contributed by atoms with van der Waals surface area (Å²) in [5.74, 6) is -0.179. The molecule has 0 fully saturated rings. The van der Waals surface area contributed by atoms with E-state index in [1.807, 2.05) is 0 Å². The maximum atomic E-state index is 10.6. The van der Waals surface area contributed by atoms with Gasteiger partial charge in [-0.2, -0.15) is 0 Å². The summed E-state index contributed by atoms with van der Waals surface area (Å²) in [4.78, 5) is 21.1. The van der Waals surface area contributed by atoms with Crippen LogP contribution < -0.4 is 0 Å². The van der Waals surface area contributed by atoms with Crippen molar-refractivity contribution in [2.75, 3.05) is 0 Å². The van der Waals surface area contributed by atoms with Gasteiger partial charge in [-0.15, -0.1) is 0 Å². The summed E-state index contributed by atoms with van der Waals surface area (Å²) in [5, 5.41) is 0. The van der Waals surface area contributed by atoms with Gasteiger partial charge in [0.15, 0.2) is 28.9 Å². The summed E-state index contributed by atoms with van der Waals surface area (Å²) in [7, 11) is 0. The average Bonchev–Trinajstić information content (AvgIpc) is 1.80. The van der Waals surface area contributed by atoms with E-state index in [1.165, 1.54) is 18.2 Å². The monoisotopic (exact) mass is 152 g/mol. The molecule has 0 unspecified atom stereocenters. The minimum atomic E-state index is -0.105. The molecule has 0 atom stereocenters. The Morgan fingerprint density at radius 3 is 2.20 bits per heavy atom. The molecule has 0 aromatic heterocycles. The van der Waals surface area contributed by atoms with Crippen LogP contribution in [0.25, 0.3) is 0 Å². The van der Waals surface area contributed by atoms with E-state index in [0.29, 0.717) is 5.57 Å². The molecule has 0 aromatic rings. The Balaban J connectivity index is 0.000000810. The summed E-state index contributed by atoms with van der Waals surface area (Å²) in [6.45, 7) is 1.63. The van der Waals surface area contributed by atoms with E-state index in [4.69, 9.17) is 0 Å². The first-order valence-corrected chi connectivity index (χ1v) is 2.65. The van der Waals surface area contributed by atoms with Gasteiger partial charge in [0.25, 0.3) is 0 Å². The normalized spacial score (nSPS) is 16.3. The van der Waals surface area contributed by atoms with Gasteiger partial charge in [-0.05, 0) is 25.2 Å². The standard InChI is InChI=1S/C7H6O2.Al.3H/c1-5-4-6(8)2-3-7(5)9;;;;/h2-4H,1H3;;;;. The quantitative estimate of drug-likeness (QED) is 0.345. The Morgan fingerprint density at radius 2 is 1.80 bits per heavy atom. The molecule has 0 amide bonds. The lowest BCUT2D eigenvalue weighted by Crippen LogP contribution is -2.03. The second-order valence-electron chi connectivity index (χ2n) is 1.93. The largest absolute Gasteiger partial charge is 0.290 e. The lowest BCUT2D eigenvalue weighted by Gasteiger charge is -1.96. The molecule has 1 aliphatic rings. The summed E-state index contributed by atoms with van der Waals surface area (Å²) in [5.41, 5.74) is 0.516. The summed E-state index contributed by atoms with van der Waals surface area (Å²) >= 11 is 0. The highest BCUT2D eigenvalue weighted by Crippen LogP contribution is 2.02. The van der Waals surface area contributed by atoms with Crippen LogP contribution in [0.4, 0.5) is 0 Å². The molecule has 0 N–H and O–H groups in total. The Hall–Kier alpha value is -0.648. The van der Waals surface area contributed by atoms with E-state index < -0.39 is 0 Å². The van der Waals surface area contributed by atoms with Gasteiger partial charge >= 0.3 is 0 Å². The number of hydrogen-bond donors (Lipinski definition) is 0. The zero-order valence-electron chi connectivity index (χ0n) is 5.05. The zero-order chi connectivity index (χ0) is 6.85. The van der Waals surface area contributed by atoms with Gasteiger partial charge in [0.1, 0.15) is 0 Å². The average molecular weight is 152 g/mol. The number of hydrogen-bond acceptors (Lipinski definition) is 2. The molecule has 0 bridgehead atoms. The fraction of sp³-hybridized carbons (Fsp3) is 0.143. The van der Waals surface area contributed by atoms with Crippen molar-refractivity contribution >= 4 is 28.9 Å². The van der Waals surface area contributed by atoms with Gasteiger partial charge < -0.3 is 0 Å². The first-order chi connectivity index (χ1) is 4.20. The van der Waals surface area contributed by atoms with E-state index in [2.05, 4.69) is 0 Å².